The minimum absolute atomic E-state index is 0.352. The number of carboxylic acid groups (broad SMARTS) is 1. The van der Waals surface area contributed by atoms with Gasteiger partial charge in [-0.3, -0.25) is 4.79 Å². The molecule has 2 aromatic carbocycles. The predicted molar refractivity (Wildman–Crippen MR) is 73.5 cm³/mol. The molecular formula is C16H15FO3. The normalized spacial score (nSPS) is 11.9. The molecule has 0 saturated carbocycles. The molecule has 4 heteroatoms. The summed E-state index contributed by atoms with van der Waals surface area (Å²) in [4.78, 5) is 11.4. The first-order valence-electron chi connectivity index (χ1n) is 6.21. The zero-order valence-corrected chi connectivity index (χ0v) is 11.0. The Balaban J connectivity index is 2.20. The molecule has 0 aliphatic carbocycles. The highest BCUT2D eigenvalue weighted by atomic mass is 19.1. The Hall–Kier alpha value is -2.36. The van der Waals surface area contributed by atoms with E-state index in [-0.39, 0.29) is 5.82 Å². The van der Waals surface area contributed by atoms with Crippen molar-refractivity contribution in [2.75, 3.05) is 7.11 Å². The van der Waals surface area contributed by atoms with Crippen LogP contribution < -0.4 is 4.74 Å². The van der Waals surface area contributed by atoms with Crippen LogP contribution in [0.4, 0.5) is 4.39 Å². The van der Waals surface area contributed by atoms with Gasteiger partial charge in [0.2, 0.25) is 0 Å². The molecular weight excluding hydrogens is 259 g/mol. The smallest absolute Gasteiger partial charge is 0.311 e. The van der Waals surface area contributed by atoms with Crippen molar-refractivity contribution in [3.8, 4) is 5.75 Å². The van der Waals surface area contributed by atoms with E-state index >= 15 is 0 Å². The van der Waals surface area contributed by atoms with Crippen LogP contribution in [-0.4, -0.2) is 18.2 Å². The van der Waals surface area contributed by atoms with Crippen LogP contribution in [-0.2, 0) is 11.2 Å². The number of halogens is 1. The van der Waals surface area contributed by atoms with Crippen molar-refractivity contribution in [3.63, 3.8) is 0 Å². The first kappa shape index (κ1) is 14.1. The lowest BCUT2D eigenvalue weighted by molar-refractivity contribution is -0.138. The number of benzene rings is 2. The number of aliphatic carboxylic acids is 1. The largest absolute Gasteiger partial charge is 0.497 e. The molecule has 0 aliphatic heterocycles. The molecule has 20 heavy (non-hydrogen) atoms. The van der Waals surface area contributed by atoms with Crippen LogP contribution in [0, 0.1) is 5.82 Å². The number of hydrogen-bond acceptors (Lipinski definition) is 2. The highest BCUT2D eigenvalue weighted by molar-refractivity contribution is 5.76. The molecule has 0 amide bonds. The van der Waals surface area contributed by atoms with Crippen molar-refractivity contribution in [2.45, 2.75) is 12.3 Å². The van der Waals surface area contributed by atoms with Gasteiger partial charge in [-0.2, -0.15) is 0 Å². The lowest BCUT2D eigenvalue weighted by Crippen LogP contribution is -2.14. The van der Waals surface area contributed by atoms with E-state index in [1.165, 1.54) is 24.3 Å². The highest BCUT2D eigenvalue weighted by Crippen LogP contribution is 2.23. The van der Waals surface area contributed by atoms with Gasteiger partial charge in [-0.1, -0.05) is 24.3 Å². The number of carboxylic acids is 1. The molecule has 3 nitrogen and oxygen atoms in total. The summed E-state index contributed by atoms with van der Waals surface area (Å²) in [5, 5.41) is 9.34. The summed E-state index contributed by atoms with van der Waals surface area (Å²) in [6, 6.07) is 12.8. The molecule has 0 fully saturated rings. The summed E-state index contributed by atoms with van der Waals surface area (Å²) in [6.45, 7) is 0. The van der Waals surface area contributed by atoms with Crippen molar-refractivity contribution in [1.82, 2.24) is 0 Å². The Kier molecular flexibility index (Phi) is 4.35. The van der Waals surface area contributed by atoms with Crippen molar-refractivity contribution in [2.24, 2.45) is 0 Å². The third kappa shape index (κ3) is 3.35. The lowest BCUT2D eigenvalue weighted by atomic mass is 9.92. The minimum atomic E-state index is -0.924. The summed E-state index contributed by atoms with van der Waals surface area (Å²) >= 11 is 0. The summed E-state index contributed by atoms with van der Waals surface area (Å²) < 4.78 is 18.0. The second-order valence-electron chi connectivity index (χ2n) is 4.49. The van der Waals surface area contributed by atoms with Crippen LogP contribution in [0.3, 0.4) is 0 Å². The molecule has 1 unspecified atom stereocenters. The Morgan fingerprint density at radius 1 is 1.15 bits per heavy atom. The maximum atomic E-state index is 12.9. The third-order valence-corrected chi connectivity index (χ3v) is 3.17. The summed E-state index contributed by atoms with van der Waals surface area (Å²) in [5.41, 5.74) is 1.48. The molecule has 1 N–H and O–H groups in total. The van der Waals surface area contributed by atoms with Gasteiger partial charge in [0, 0.05) is 0 Å². The molecule has 2 rings (SSSR count). The van der Waals surface area contributed by atoms with Gasteiger partial charge in [0.25, 0.3) is 0 Å². The fraction of sp³-hybridized carbons (Fsp3) is 0.188. The van der Waals surface area contributed by atoms with Crippen LogP contribution in [0.25, 0.3) is 0 Å². The van der Waals surface area contributed by atoms with Gasteiger partial charge >= 0.3 is 5.97 Å². The van der Waals surface area contributed by atoms with E-state index in [1.807, 2.05) is 12.1 Å². The Morgan fingerprint density at radius 3 is 2.25 bits per heavy atom. The van der Waals surface area contributed by atoms with Crippen LogP contribution in [0.5, 0.6) is 5.75 Å². The third-order valence-electron chi connectivity index (χ3n) is 3.17. The zero-order chi connectivity index (χ0) is 14.5. The second-order valence-corrected chi connectivity index (χ2v) is 4.49. The number of ether oxygens (including phenoxy) is 1. The van der Waals surface area contributed by atoms with Crippen molar-refractivity contribution >= 4 is 5.97 Å². The zero-order valence-electron chi connectivity index (χ0n) is 11.0. The van der Waals surface area contributed by atoms with Crippen molar-refractivity contribution in [1.29, 1.82) is 0 Å². The Morgan fingerprint density at radius 2 is 1.75 bits per heavy atom. The Bertz CT molecular complexity index is 576. The first-order valence-corrected chi connectivity index (χ1v) is 6.21. The molecule has 0 aromatic heterocycles. The first-order chi connectivity index (χ1) is 9.60. The standard InChI is InChI=1S/C16H15FO3/c1-20-14-8-2-11(3-9-14)10-15(16(18)19)12-4-6-13(17)7-5-12/h2-9,15H,10H2,1H3,(H,18,19). The highest BCUT2D eigenvalue weighted by Gasteiger charge is 2.20. The average Bonchev–Trinajstić information content (AvgIpc) is 2.46. The lowest BCUT2D eigenvalue weighted by Gasteiger charge is -2.13. The van der Waals surface area contributed by atoms with E-state index < -0.39 is 11.9 Å². The van der Waals surface area contributed by atoms with E-state index in [2.05, 4.69) is 0 Å². The molecule has 0 aliphatic rings. The van der Waals surface area contributed by atoms with Gasteiger partial charge < -0.3 is 9.84 Å². The molecule has 0 heterocycles. The number of carbonyl (C=O) groups is 1. The van der Waals surface area contributed by atoms with Crippen molar-refractivity contribution < 1.29 is 19.0 Å². The summed E-state index contributed by atoms with van der Waals surface area (Å²) in [7, 11) is 1.58. The average molecular weight is 274 g/mol. The van der Waals surface area contributed by atoms with Crippen LogP contribution >= 0.6 is 0 Å². The maximum absolute atomic E-state index is 12.9. The number of methoxy groups -OCH3 is 1. The van der Waals surface area contributed by atoms with Gasteiger partial charge in [0.1, 0.15) is 11.6 Å². The van der Waals surface area contributed by atoms with E-state index in [9.17, 15) is 14.3 Å². The Labute approximate surface area is 116 Å². The molecule has 0 saturated heterocycles. The van der Waals surface area contributed by atoms with E-state index in [0.717, 1.165) is 11.3 Å². The van der Waals surface area contributed by atoms with E-state index in [0.29, 0.717) is 12.0 Å². The maximum Gasteiger partial charge on any atom is 0.311 e. The van der Waals surface area contributed by atoms with Crippen LogP contribution in [0.15, 0.2) is 48.5 Å². The van der Waals surface area contributed by atoms with Gasteiger partial charge in [-0.05, 0) is 41.8 Å². The molecule has 0 radical (unpaired) electrons. The molecule has 0 spiro atoms. The van der Waals surface area contributed by atoms with Gasteiger partial charge in [0.15, 0.2) is 0 Å². The summed E-state index contributed by atoms with van der Waals surface area (Å²) in [6.07, 6.45) is 0.352. The molecule has 1 atom stereocenters. The molecule has 104 valence electrons. The van der Waals surface area contributed by atoms with Gasteiger partial charge in [0.05, 0.1) is 13.0 Å². The SMILES string of the molecule is COc1ccc(CC(C(=O)O)c2ccc(F)cc2)cc1. The predicted octanol–water partition coefficient (Wildman–Crippen LogP) is 3.25. The fourth-order valence-electron chi connectivity index (χ4n) is 2.04. The molecule has 2 aromatic rings. The van der Waals surface area contributed by atoms with Crippen molar-refractivity contribution in [3.05, 3.63) is 65.5 Å². The van der Waals surface area contributed by atoms with Gasteiger partial charge in [-0.25, -0.2) is 4.39 Å². The quantitative estimate of drug-likeness (QED) is 0.910. The minimum Gasteiger partial charge on any atom is -0.497 e. The summed E-state index contributed by atoms with van der Waals surface area (Å²) in [5.74, 6) is -1.26. The number of hydrogen-bond donors (Lipinski definition) is 1. The molecule has 0 bridgehead atoms. The fourth-order valence-corrected chi connectivity index (χ4v) is 2.04. The van der Waals surface area contributed by atoms with E-state index in [4.69, 9.17) is 4.74 Å². The van der Waals surface area contributed by atoms with Crippen LogP contribution in [0.2, 0.25) is 0 Å². The van der Waals surface area contributed by atoms with Gasteiger partial charge in [-0.15, -0.1) is 0 Å². The number of rotatable bonds is 5. The topological polar surface area (TPSA) is 46.5 Å². The second kappa shape index (κ2) is 6.19. The van der Waals surface area contributed by atoms with E-state index in [1.54, 1.807) is 19.2 Å². The monoisotopic (exact) mass is 274 g/mol. The van der Waals surface area contributed by atoms with Crippen LogP contribution in [0.1, 0.15) is 17.0 Å².